The molecular weight excluding hydrogens is 424 g/mol. The van der Waals surface area contributed by atoms with E-state index in [1.807, 2.05) is 19.1 Å². The Hall–Kier alpha value is -4.14. The first-order chi connectivity index (χ1) is 17.1. The fourth-order valence-electron chi connectivity index (χ4n) is 4.62. The minimum absolute atomic E-state index is 0.0605. The van der Waals surface area contributed by atoms with Crippen LogP contribution >= 0.6 is 0 Å². The molecule has 5 aromatic rings. The molecular formula is C33H30N2. The predicted octanol–water partition coefficient (Wildman–Crippen LogP) is 5.93. The third-order valence-electron chi connectivity index (χ3n) is 6.51. The van der Waals surface area contributed by atoms with Gasteiger partial charge in [-0.25, -0.2) is 0 Å². The van der Waals surface area contributed by atoms with Gasteiger partial charge >= 0.3 is 0 Å². The third-order valence-corrected chi connectivity index (χ3v) is 6.51. The van der Waals surface area contributed by atoms with Gasteiger partial charge in [-0.3, -0.25) is 0 Å². The fourth-order valence-corrected chi connectivity index (χ4v) is 4.62. The summed E-state index contributed by atoms with van der Waals surface area (Å²) in [5.74, 6) is 0. The van der Waals surface area contributed by atoms with Crippen LogP contribution in [0.15, 0.2) is 115 Å². The molecule has 0 saturated heterocycles. The van der Waals surface area contributed by atoms with Gasteiger partial charge in [-0.15, -0.1) is 0 Å². The van der Waals surface area contributed by atoms with Crippen LogP contribution in [0.3, 0.4) is 0 Å². The van der Waals surface area contributed by atoms with Crippen LogP contribution in [-0.2, 0) is 6.54 Å². The first-order valence-corrected chi connectivity index (χ1v) is 12.0. The van der Waals surface area contributed by atoms with E-state index < -0.39 is 0 Å². The summed E-state index contributed by atoms with van der Waals surface area (Å²) in [7, 11) is 0. The minimum Gasteiger partial charge on any atom is -0.402 e. The lowest BCUT2D eigenvalue weighted by molar-refractivity contribution is 0.606. The summed E-state index contributed by atoms with van der Waals surface area (Å²) in [5, 5.41) is 10.8. The van der Waals surface area contributed by atoms with Gasteiger partial charge in [-0.05, 0) is 73.8 Å². The van der Waals surface area contributed by atoms with Crippen LogP contribution in [0.5, 0.6) is 0 Å². The molecule has 0 heterocycles. The van der Waals surface area contributed by atoms with E-state index in [0.29, 0.717) is 0 Å². The minimum atomic E-state index is 0.0605. The summed E-state index contributed by atoms with van der Waals surface area (Å²) >= 11 is 0. The maximum Gasteiger partial charge on any atom is 0.0579 e. The number of allylic oxidation sites excluding steroid dienone is 2. The molecule has 0 radical (unpaired) electrons. The summed E-state index contributed by atoms with van der Waals surface area (Å²) in [5.41, 5.74) is 10.3. The topological polar surface area (TPSA) is 38.0 Å². The van der Waals surface area contributed by atoms with Crippen LogP contribution in [0.1, 0.15) is 29.7 Å². The second-order valence-corrected chi connectivity index (χ2v) is 9.10. The first-order valence-electron chi connectivity index (χ1n) is 12.0. The molecule has 0 saturated carbocycles. The average molecular weight is 455 g/mol. The molecule has 0 spiro atoms. The largest absolute Gasteiger partial charge is 0.402 e. The van der Waals surface area contributed by atoms with Crippen LogP contribution in [0.4, 0.5) is 0 Å². The maximum absolute atomic E-state index is 5.84. The van der Waals surface area contributed by atoms with E-state index in [9.17, 15) is 0 Å². The molecule has 5 rings (SSSR count). The number of benzene rings is 5. The Morgan fingerprint density at radius 1 is 0.800 bits per heavy atom. The summed E-state index contributed by atoms with van der Waals surface area (Å²) in [4.78, 5) is 0. The highest BCUT2D eigenvalue weighted by molar-refractivity contribution is 5.84. The number of nitrogens with two attached hydrogens (primary N) is 1. The summed E-state index contributed by atoms with van der Waals surface area (Å²) in [6.07, 6.45) is 3.97. The van der Waals surface area contributed by atoms with Gasteiger partial charge in [-0.2, -0.15) is 0 Å². The molecule has 2 nitrogen and oxygen atoms in total. The van der Waals surface area contributed by atoms with Crippen molar-refractivity contribution in [3.8, 4) is 0 Å². The molecule has 0 bridgehead atoms. The Kier molecular flexibility index (Phi) is 6.47. The average Bonchev–Trinajstić information content (AvgIpc) is 2.89. The van der Waals surface area contributed by atoms with Crippen LogP contribution in [-0.4, -0.2) is 0 Å². The van der Waals surface area contributed by atoms with E-state index >= 15 is 0 Å². The molecule has 5 aromatic carbocycles. The second kappa shape index (κ2) is 10.0. The Labute approximate surface area is 206 Å². The lowest BCUT2D eigenvalue weighted by Gasteiger charge is -2.21. The van der Waals surface area contributed by atoms with Crippen molar-refractivity contribution in [2.24, 2.45) is 5.73 Å². The standard InChI is InChI=1S/C33H30N2/c1-23(34)12-14-26-16-17-28-18-19-31(21-32(28)24(26)2)33(29-9-4-3-5-10-29)35-22-25-13-15-27-8-6-7-11-30(27)20-25/h3-21,33,35H,2,22,34H2,1H3/b23-12+,26-14-. The zero-order chi connectivity index (χ0) is 24.2. The molecule has 172 valence electrons. The van der Waals surface area contributed by atoms with Gasteiger partial charge in [0.1, 0.15) is 0 Å². The maximum atomic E-state index is 5.84. The molecule has 35 heavy (non-hydrogen) atoms. The van der Waals surface area contributed by atoms with Gasteiger partial charge < -0.3 is 11.1 Å². The SMILES string of the molecule is C=c1/c(=C\C=C(/C)N)ccc2ccc(C(NCc3ccc4ccccc4c3)c3ccccc3)cc12. The quantitative estimate of drug-likeness (QED) is 0.334. The number of nitrogens with one attached hydrogen (secondary N) is 1. The summed E-state index contributed by atoms with van der Waals surface area (Å²) < 4.78 is 0. The number of fused-ring (bicyclic) bond motifs is 2. The van der Waals surface area contributed by atoms with Gasteiger partial charge in [0.15, 0.2) is 0 Å². The summed E-state index contributed by atoms with van der Waals surface area (Å²) in [6, 6.07) is 36.8. The zero-order valence-corrected chi connectivity index (χ0v) is 20.0. The molecule has 2 heteroatoms. The van der Waals surface area contributed by atoms with Crippen molar-refractivity contribution in [3.05, 3.63) is 142 Å². The second-order valence-electron chi connectivity index (χ2n) is 9.10. The van der Waals surface area contributed by atoms with Crippen molar-refractivity contribution >= 4 is 34.2 Å². The number of rotatable bonds is 6. The van der Waals surface area contributed by atoms with Crippen LogP contribution in [0.2, 0.25) is 0 Å². The Morgan fingerprint density at radius 3 is 2.31 bits per heavy atom. The first kappa shape index (κ1) is 22.6. The van der Waals surface area contributed by atoms with Gasteiger partial charge in [0.05, 0.1) is 6.04 Å². The van der Waals surface area contributed by atoms with E-state index in [0.717, 1.165) is 28.1 Å². The Morgan fingerprint density at radius 2 is 1.51 bits per heavy atom. The summed E-state index contributed by atoms with van der Waals surface area (Å²) in [6.45, 7) is 7.07. The molecule has 0 aliphatic heterocycles. The highest BCUT2D eigenvalue weighted by Gasteiger charge is 2.14. The smallest absolute Gasteiger partial charge is 0.0579 e. The molecule has 0 aliphatic carbocycles. The Balaban J connectivity index is 1.54. The molecule has 0 fully saturated rings. The highest BCUT2D eigenvalue weighted by Crippen LogP contribution is 2.25. The molecule has 1 unspecified atom stereocenters. The Bertz CT molecular complexity index is 1630. The normalized spacial score (nSPS) is 13.4. The zero-order valence-electron chi connectivity index (χ0n) is 20.0. The van der Waals surface area contributed by atoms with Crippen molar-refractivity contribution in [1.82, 2.24) is 5.32 Å². The van der Waals surface area contributed by atoms with Crippen LogP contribution in [0.25, 0.3) is 34.2 Å². The van der Waals surface area contributed by atoms with E-state index in [2.05, 4.69) is 115 Å². The number of hydrogen-bond acceptors (Lipinski definition) is 2. The molecule has 0 aromatic heterocycles. The van der Waals surface area contributed by atoms with E-state index in [1.54, 1.807) is 0 Å². The van der Waals surface area contributed by atoms with Crippen molar-refractivity contribution in [2.75, 3.05) is 0 Å². The predicted molar refractivity (Wildman–Crippen MR) is 150 cm³/mol. The molecule has 3 N–H and O–H groups in total. The van der Waals surface area contributed by atoms with Gasteiger partial charge in [-0.1, -0.05) is 104 Å². The fraction of sp³-hybridized carbons (Fsp3) is 0.0909. The van der Waals surface area contributed by atoms with Crippen LogP contribution < -0.4 is 21.5 Å². The van der Waals surface area contributed by atoms with Crippen molar-refractivity contribution < 1.29 is 0 Å². The monoisotopic (exact) mass is 454 g/mol. The van der Waals surface area contributed by atoms with Crippen molar-refractivity contribution in [1.29, 1.82) is 0 Å². The van der Waals surface area contributed by atoms with Crippen molar-refractivity contribution in [3.63, 3.8) is 0 Å². The van der Waals surface area contributed by atoms with Gasteiger partial charge in [0, 0.05) is 12.2 Å². The van der Waals surface area contributed by atoms with E-state index in [-0.39, 0.29) is 6.04 Å². The van der Waals surface area contributed by atoms with Gasteiger partial charge in [0.2, 0.25) is 0 Å². The van der Waals surface area contributed by atoms with Crippen molar-refractivity contribution in [2.45, 2.75) is 19.5 Å². The highest BCUT2D eigenvalue weighted by atomic mass is 14.9. The molecule has 0 aliphatic rings. The molecule has 1 atom stereocenters. The molecule has 0 amide bonds. The lowest BCUT2D eigenvalue weighted by Crippen LogP contribution is -2.25. The van der Waals surface area contributed by atoms with E-state index in [4.69, 9.17) is 5.73 Å². The van der Waals surface area contributed by atoms with Crippen LogP contribution in [0, 0.1) is 0 Å². The number of hydrogen-bond donors (Lipinski definition) is 2. The van der Waals surface area contributed by atoms with Gasteiger partial charge in [0.25, 0.3) is 0 Å². The van der Waals surface area contributed by atoms with E-state index in [1.165, 1.54) is 32.8 Å². The third kappa shape index (κ3) is 5.03. The lowest BCUT2D eigenvalue weighted by atomic mass is 9.95.